The Labute approximate surface area is 107 Å². The zero-order chi connectivity index (χ0) is 12.4. The highest BCUT2D eigenvalue weighted by Crippen LogP contribution is 2.21. The van der Waals surface area contributed by atoms with Crippen molar-refractivity contribution >= 4 is 22.7 Å². The van der Waals surface area contributed by atoms with Crippen molar-refractivity contribution < 1.29 is 0 Å². The molecule has 0 atom stereocenters. The second kappa shape index (κ2) is 4.65. The Hall–Kier alpha value is -2.09. The second-order valence-electron chi connectivity index (χ2n) is 4.66. The molecule has 2 nitrogen and oxygen atoms in total. The zero-order valence-electron chi connectivity index (χ0n) is 10.3. The van der Waals surface area contributed by atoms with Crippen LogP contribution in [-0.4, -0.2) is 30.9 Å². The Morgan fingerprint density at radius 3 is 2.78 bits per heavy atom. The van der Waals surface area contributed by atoms with Gasteiger partial charge in [0.2, 0.25) is 0 Å². The number of hydrogen-bond acceptors (Lipinski definition) is 2. The van der Waals surface area contributed by atoms with Crippen LogP contribution in [0.5, 0.6) is 0 Å². The molecule has 1 aliphatic heterocycles. The van der Waals surface area contributed by atoms with Gasteiger partial charge in [-0.25, -0.2) is 0 Å². The molecule has 1 aliphatic rings. The van der Waals surface area contributed by atoms with Crippen LogP contribution in [0.3, 0.4) is 0 Å². The fourth-order valence-corrected chi connectivity index (χ4v) is 2.28. The van der Waals surface area contributed by atoms with Gasteiger partial charge < -0.3 is 4.90 Å². The first-order valence-electron chi connectivity index (χ1n) is 6.24. The van der Waals surface area contributed by atoms with E-state index in [0.29, 0.717) is 0 Å². The van der Waals surface area contributed by atoms with E-state index in [-0.39, 0.29) is 0 Å². The lowest BCUT2D eigenvalue weighted by molar-refractivity contribution is 0.526. The normalized spacial score (nSPS) is 14.3. The third-order valence-electron chi connectivity index (χ3n) is 3.31. The molecule has 0 unspecified atom stereocenters. The minimum Gasteiger partial charge on any atom is -0.357 e. The topological polar surface area (TPSA) is 15.6 Å². The third-order valence-corrected chi connectivity index (χ3v) is 3.31. The van der Waals surface area contributed by atoms with Crippen LogP contribution >= 0.6 is 0 Å². The Bertz CT molecular complexity index is 613. The first-order chi connectivity index (χ1) is 8.83. The second-order valence-corrected chi connectivity index (χ2v) is 4.66. The van der Waals surface area contributed by atoms with Crippen LogP contribution in [0.25, 0.3) is 16.3 Å². The van der Waals surface area contributed by atoms with E-state index in [4.69, 9.17) is 0 Å². The number of hydrogen-bond donors (Lipinski definition) is 0. The van der Waals surface area contributed by atoms with Gasteiger partial charge in [-0.1, -0.05) is 43.0 Å². The number of benzene rings is 2. The number of fused-ring (bicyclic) bond motifs is 1. The van der Waals surface area contributed by atoms with E-state index in [2.05, 4.69) is 58.9 Å². The molecule has 0 saturated heterocycles. The molecule has 0 amide bonds. The highest BCUT2D eigenvalue weighted by molar-refractivity contribution is 5.86. The van der Waals surface area contributed by atoms with Gasteiger partial charge in [0.15, 0.2) is 0 Å². The quantitative estimate of drug-likeness (QED) is 0.799. The summed E-state index contributed by atoms with van der Waals surface area (Å²) in [5.74, 6) is 0. The van der Waals surface area contributed by atoms with Crippen LogP contribution in [-0.2, 0) is 0 Å². The third kappa shape index (κ3) is 2.14. The highest BCUT2D eigenvalue weighted by Gasteiger charge is 2.08. The van der Waals surface area contributed by atoms with Crippen molar-refractivity contribution in [2.75, 3.05) is 19.6 Å². The Morgan fingerprint density at radius 2 is 2.00 bits per heavy atom. The molecule has 0 bridgehead atoms. The largest absolute Gasteiger partial charge is 0.357 e. The van der Waals surface area contributed by atoms with Crippen LogP contribution in [0.15, 0.2) is 54.0 Å². The summed E-state index contributed by atoms with van der Waals surface area (Å²) in [7, 11) is 0. The first kappa shape index (κ1) is 11.0. The fourth-order valence-electron chi connectivity index (χ4n) is 2.28. The number of aliphatic imine (C=N–C) groups is 1. The van der Waals surface area contributed by atoms with E-state index in [1.807, 2.05) is 6.34 Å². The van der Waals surface area contributed by atoms with Gasteiger partial charge in [0.25, 0.3) is 0 Å². The molecule has 0 saturated carbocycles. The van der Waals surface area contributed by atoms with Crippen molar-refractivity contribution in [1.82, 2.24) is 4.90 Å². The maximum Gasteiger partial charge on any atom is 0.0854 e. The van der Waals surface area contributed by atoms with Crippen molar-refractivity contribution in [3.8, 4) is 0 Å². The molecule has 2 aromatic rings. The maximum atomic E-state index is 4.22. The monoisotopic (exact) mass is 236 g/mol. The minimum absolute atomic E-state index is 0.863. The van der Waals surface area contributed by atoms with Crippen molar-refractivity contribution in [2.45, 2.75) is 0 Å². The summed E-state index contributed by atoms with van der Waals surface area (Å²) in [6, 6.07) is 14.9. The molecule has 0 fully saturated rings. The average Bonchev–Trinajstić information content (AvgIpc) is 2.91. The summed E-state index contributed by atoms with van der Waals surface area (Å²) in [6.45, 7) is 6.97. The van der Waals surface area contributed by atoms with E-state index in [1.54, 1.807) is 0 Å². The van der Waals surface area contributed by atoms with Crippen LogP contribution < -0.4 is 0 Å². The highest BCUT2D eigenvalue weighted by atomic mass is 15.2. The van der Waals surface area contributed by atoms with Gasteiger partial charge in [-0.2, -0.15) is 0 Å². The summed E-state index contributed by atoms with van der Waals surface area (Å²) in [4.78, 5) is 6.43. The van der Waals surface area contributed by atoms with Gasteiger partial charge in [0.05, 0.1) is 12.9 Å². The summed E-state index contributed by atoms with van der Waals surface area (Å²) in [5, 5.41) is 2.54. The summed E-state index contributed by atoms with van der Waals surface area (Å²) >= 11 is 0. The van der Waals surface area contributed by atoms with E-state index in [0.717, 1.165) is 25.2 Å². The molecule has 90 valence electrons. The Balaban J connectivity index is 1.84. The van der Waals surface area contributed by atoms with Crippen molar-refractivity contribution in [2.24, 2.45) is 4.99 Å². The Kier molecular flexibility index (Phi) is 2.85. The van der Waals surface area contributed by atoms with Gasteiger partial charge >= 0.3 is 0 Å². The van der Waals surface area contributed by atoms with Gasteiger partial charge in [-0.15, -0.1) is 0 Å². The minimum atomic E-state index is 0.863. The Morgan fingerprint density at radius 1 is 1.17 bits per heavy atom. The van der Waals surface area contributed by atoms with Crippen LogP contribution in [0, 0.1) is 0 Å². The molecule has 0 N–H and O–H groups in total. The summed E-state index contributed by atoms with van der Waals surface area (Å²) in [6.07, 6.45) is 1.92. The van der Waals surface area contributed by atoms with Gasteiger partial charge in [0, 0.05) is 13.1 Å². The van der Waals surface area contributed by atoms with E-state index < -0.39 is 0 Å². The lowest BCUT2D eigenvalue weighted by atomic mass is 10.0. The molecule has 1 heterocycles. The molecule has 2 aromatic carbocycles. The van der Waals surface area contributed by atoms with Crippen molar-refractivity contribution in [1.29, 1.82) is 0 Å². The first-order valence-corrected chi connectivity index (χ1v) is 6.24. The molecule has 0 aliphatic carbocycles. The fraction of sp³-hybridized carbons (Fsp3) is 0.188. The predicted molar refractivity (Wildman–Crippen MR) is 77.9 cm³/mol. The molecule has 0 radical (unpaired) electrons. The molecule has 2 heteroatoms. The lowest BCUT2D eigenvalue weighted by Crippen LogP contribution is -2.21. The van der Waals surface area contributed by atoms with Crippen LogP contribution in [0.1, 0.15) is 5.56 Å². The number of nitrogens with zero attached hydrogens (tertiary/aromatic N) is 2. The molecule has 18 heavy (non-hydrogen) atoms. The lowest BCUT2D eigenvalue weighted by Gasteiger charge is -2.16. The van der Waals surface area contributed by atoms with Gasteiger partial charge in [0.1, 0.15) is 0 Å². The molecule has 3 rings (SSSR count). The van der Waals surface area contributed by atoms with Crippen molar-refractivity contribution in [3.63, 3.8) is 0 Å². The van der Waals surface area contributed by atoms with Gasteiger partial charge in [-0.3, -0.25) is 4.99 Å². The maximum absolute atomic E-state index is 4.22. The predicted octanol–water partition coefficient (Wildman–Crippen LogP) is 3.20. The molecular formula is C16H16N2. The number of rotatable bonds is 3. The van der Waals surface area contributed by atoms with Crippen LogP contribution in [0.2, 0.25) is 0 Å². The average molecular weight is 236 g/mol. The molecule has 0 spiro atoms. The molecular weight excluding hydrogens is 220 g/mol. The zero-order valence-corrected chi connectivity index (χ0v) is 10.3. The molecule has 0 aromatic heterocycles. The smallest absolute Gasteiger partial charge is 0.0854 e. The van der Waals surface area contributed by atoms with E-state index in [9.17, 15) is 0 Å². The standard InChI is InChI=1S/C16H16N2/c1-13(11-18-9-8-17-12-18)15-7-6-14-4-2-3-5-16(14)10-15/h2-7,10,12H,1,8-9,11H2. The van der Waals surface area contributed by atoms with E-state index in [1.165, 1.54) is 16.3 Å². The summed E-state index contributed by atoms with van der Waals surface area (Å²) in [5.41, 5.74) is 2.36. The SMILES string of the molecule is C=C(CN1C=NCC1)c1ccc2ccccc2c1. The van der Waals surface area contributed by atoms with Gasteiger partial charge in [-0.05, 0) is 28.0 Å². The van der Waals surface area contributed by atoms with Crippen LogP contribution in [0.4, 0.5) is 0 Å². The summed E-state index contributed by atoms with van der Waals surface area (Å²) < 4.78 is 0. The van der Waals surface area contributed by atoms with E-state index >= 15 is 0 Å². The van der Waals surface area contributed by atoms with Crippen molar-refractivity contribution in [3.05, 3.63) is 54.6 Å².